The number of hydrogen-bond acceptors (Lipinski definition) is 4. The highest BCUT2D eigenvalue weighted by Crippen LogP contribution is 2.21. The molecular formula is C19H18F2N4OS. The van der Waals surface area contributed by atoms with Gasteiger partial charge in [-0.2, -0.15) is 0 Å². The van der Waals surface area contributed by atoms with Crippen molar-refractivity contribution in [3.05, 3.63) is 65.2 Å². The first kappa shape index (κ1) is 19.0. The molecule has 0 saturated carbocycles. The summed E-state index contributed by atoms with van der Waals surface area (Å²) < 4.78 is 26.7. The van der Waals surface area contributed by atoms with Crippen LogP contribution in [-0.4, -0.2) is 26.8 Å². The van der Waals surface area contributed by atoms with Gasteiger partial charge in [0.15, 0.2) is 5.82 Å². The van der Waals surface area contributed by atoms with Crippen molar-refractivity contribution in [1.29, 1.82) is 0 Å². The molecule has 3 rings (SSSR count). The van der Waals surface area contributed by atoms with Gasteiger partial charge in [-0.25, -0.2) is 13.8 Å². The molecule has 1 aromatic heterocycles. The van der Waals surface area contributed by atoms with Gasteiger partial charge >= 0.3 is 0 Å². The molecular weight excluding hydrogens is 370 g/mol. The molecule has 1 amide bonds. The van der Waals surface area contributed by atoms with Crippen LogP contribution in [0.25, 0.3) is 11.4 Å². The van der Waals surface area contributed by atoms with E-state index >= 15 is 0 Å². The molecule has 0 radical (unpaired) electrons. The Labute approximate surface area is 159 Å². The predicted octanol–water partition coefficient (Wildman–Crippen LogP) is 4.03. The fourth-order valence-corrected chi connectivity index (χ4v) is 3.10. The summed E-state index contributed by atoms with van der Waals surface area (Å²) in [4.78, 5) is 16.5. The molecule has 2 aromatic carbocycles. The molecule has 0 aliphatic heterocycles. The highest BCUT2D eigenvalue weighted by Gasteiger charge is 2.15. The Morgan fingerprint density at radius 1 is 1.22 bits per heavy atom. The van der Waals surface area contributed by atoms with Gasteiger partial charge in [0.25, 0.3) is 0 Å². The van der Waals surface area contributed by atoms with Gasteiger partial charge in [-0.3, -0.25) is 9.89 Å². The number of aromatic amines is 1. The van der Waals surface area contributed by atoms with Crippen LogP contribution in [0.4, 0.5) is 8.78 Å². The Morgan fingerprint density at radius 3 is 2.67 bits per heavy atom. The van der Waals surface area contributed by atoms with Crippen LogP contribution in [-0.2, 0) is 4.79 Å². The normalized spacial score (nSPS) is 12.0. The lowest BCUT2D eigenvalue weighted by Gasteiger charge is -2.14. The molecule has 5 nitrogen and oxygen atoms in total. The first-order valence-electron chi connectivity index (χ1n) is 8.29. The van der Waals surface area contributed by atoms with Gasteiger partial charge in [0.05, 0.1) is 11.8 Å². The van der Waals surface area contributed by atoms with Gasteiger partial charge in [0.2, 0.25) is 11.1 Å². The standard InChI is InChI=1S/C19H18F2N4OS/c1-11-3-5-13(6-4-11)18-23-19(25-24-18)27-10-17(26)22-12(2)15-8-7-14(20)9-16(15)21/h3-9,12H,10H2,1-2H3,(H,22,26)(H,23,24,25)/t12-/m0/s1. The summed E-state index contributed by atoms with van der Waals surface area (Å²) >= 11 is 1.17. The van der Waals surface area contributed by atoms with Crippen molar-refractivity contribution in [3.8, 4) is 11.4 Å². The molecule has 0 spiro atoms. The largest absolute Gasteiger partial charge is 0.349 e. The molecule has 140 valence electrons. The first-order valence-corrected chi connectivity index (χ1v) is 9.27. The fraction of sp³-hybridized carbons (Fsp3) is 0.211. The summed E-state index contributed by atoms with van der Waals surface area (Å²) in [6, 6.07) is 10.6. The summed E-state index contributed by atoms with van der Waals surface area (Å²) in [5.74, 6) is -0.928. The van der Waals surface area contributed by atoms with Crippen LogP contribution in [0, 0.1) is 18.6 Å². The van der Waals surface area contributed by atoms with Crippen LogP contribution >= 0.6 is 11.8 Å². The zero-order valence-corrected chi connectivity index (χ0v) is 15.6. The maximum absolute atomic E-state index is 13.8. The average molecular weight is 388 g/mol. The molecule has 0 fully saturated rings. The zero-order chi connectivity index (χ0) is 19.4. The van der Waals surface area contributed by atoms with E-state index in [4.69, 9.17) is 0 Å². The van der Waals surface area contributed by atoms with Crippen LogP contribution in [0.2, 0.25) is 0 Å². The first-order chi connectivity index (χ1) is 12.9. The smallest absolute Gasteiger partial charge is 0.230 e. The molecule has 1 heterocycles. The predicted molar refractivity (Wildman–Crippen MR) is 100 cm³/mol. The number of carbonyl (C=O) groups is 1. The molecule has 0 bridgehead atoms. The van der Waals surface area contributed by atoms with E-state index in [0.717, 1.165) is 23.3 Å². The summed E-state index contributed by atoms with van der Waals surface area (Å²) in [6.07, 6.45) is 0. The molecule has 0 unspecified atom stereocenters. The van der Waals surface area contributed by atoms with Gasteiger partial charge in [-0.1, -0.05) is 47.7 Å². The van der Waals surface area contributed by atoms with E-state index in [1.54, 1.807) is 6.92 Å². The third-order valence-corrected chi connectivity index (χ3v) is 4.78. The molecule has 2 N–H and O–H groups in total. The topological polar surface area (TPSA) is 70.7 Å². The van der Waals surface area contributed by atoms with Crippen LogP contribution in [0.1, 0.15) is 24.1 Å². The van der Waals surface area contributed by atoms with Gasteiger partial charge in [0, 0.05) is 17.2 Å². The van der Waals surface area contributed by atoms with E-state index in [1.807, 2.05) is 31.2 Å². The van der Waals surface area contributed by atoms with Crippen molar-refractivity contribution in [2.75, 3.05) is 5.75 Å². The van der Waals surface area contributed by atoms with Crippen molar-refractivity contribution in [2.24, 2.45) is 0 Å². The second kappa shape index (κ2) is 8.30. The lowest BCUT2D eigenvalue weighted by molar-refractivity contribution is -0.119. The SMILES string of the molecule is Cc1ccc(-c2nc(SCC(=O)N[C@@H](C)c3ccc(F)cc3F)n[nH]2)cc1. The zero-order valence-electron chi connectivity index (χ0n) is 14.8. The molecule has 0 aliphatic rings. The minimum Gasteiger partial charge on any atom is -0.349 e. The van der Waals surface area contributed by atoms with E-state index < -0.39 is 17.7 Å². The Morgan fingerprint density at radius 2 is 1.96 bits per heavy atom. The number of aromatic nitrogens is 3. The molecule has 1 atom stereocenters. The summed E-state index contributed by atoms with van der Waals surface area (Å²) in [5.41, 5.74) is 2.29. The molecule has 0 aliphatic carbocycles. The van der Waals surface area contributed by atoms with Crippen molar-refractivity contribution >= 4 is 17.7 Å². The maximum atomic E-state index is 13.8. The number of aryl methyl sites for hydroxylation is 1. The van der Waals surface area contributed by atoms with Crippen molar-refractivity contribution in [1.82, 2.24) is 20.5 Å². The van der Waals surface area contributed by atoms with Crippen molar-refractivity contribution in [3.63, 3.8) is 0 Å². The summed E-state index contributed by atoms with van der Waals surface area (Å²) in [5, 5.41) is 10.1. The number of amides is 1. The van der Waals surface area contributed by atoms with E-state index in [0.29, 0.717) is 11.0 Å². The number of benzene rings is 2. The van der Waals surface area contributed by atoms with E-state index in [-0.39, 0.29) is 17.2 Å². The lowest BCUT2D eigenvalue weighted by Crippen LogP contribution is -2.28. The second-order valence-corrected chi connectivity index (χ2v) is 7.02. The fourth-order valence-electron chi connectivity index (χ4n) is 2.50. The Kier molecular flexibility index (Phi) is 5.85. The third kappa shape index (κ3) is 4.91. The average Bonchev–Trinajstić information content (AvgIpc) is 3.09. The monoisotopic (exact) mass is 388 g/mol. The Hall–Kier alpha value is -2.74. The van der Waals surface area contributed by atoms with Gasteiger partial charge in [-0.05, 0) is 19.9 Å². The number of nitrogens with zero attached hydrogens (tertiary/aromatic N) is 2. The van der Waals surface area contributed by atoms with E-state index in [9.17, 15) is 13.6 Å². The van der Waals surface area contributed by atoms with Gasteiger partial charge < -0.3 is 5.32 Å². The molecule has 0 saturated heterocycles. The van der Waals surface area contributed by atoms with Crippen LogP contribution in [0.3, 0.4) is 0 Å². The summed E-state index contributed by atoms with van der Waals surface area (Å²) in [6.45, 7) is 3.64. The number of hydrogen-bond donors (Lipinski definition) is 2. The Balaban J connectivity index is 1.55. The van der Waals surface area contributed by atoms with Crippen LogP contribution in [0.15, 0.2) is 47.6 Å². The minimum absolute atomic E-state index is 0.0817. The maximum Gasteiger partial charge on any atom is 0.230 e. The molecule has 3 aromatic rings. The Bertz CT molecular complexity index is 943. The molecule has 8 heteroatoms. The number of nitrogens with one attached hydrogen (secondary N) is 2. The quantitative estimate of drug-likeness (QED) is 0.626. The summed E-state index contributed by atoms with van der Waals surface area (Å²) in [7, 11) is 0. The number of carbonyl (C=O) groups excluding carboxylic acids is 1. The van der Waals surface area contributed by atoms with Crippen LogP contribution < -0.4 is 5.32 Å². The van der Waals surface area contributed by atoms with E-state index in [2.05, 4.69) is 20.5 Å². The van der Waals surface area contributed by atoms with Crippen molar-refractivity contribution < 1.29 is 13.6 Å². The highest BCUT2D eigenvalue weighted by atomic mass is 32.2. The highest BCUT2D eigenvalue weighted by molar-refractivity contribution is 7.99. The lowest BCUT2D eigenvalue weighted by atomic mass is 10.1. The minimum atomic E-state index is -0.688. The number of thioether (sulfide) groups is 1. The van der Waals surface area contributed by atoms with Crippen molar-refractivity contribution in [2.45, 2.75) is 25.0 Å². The van der Waals surface area contributed by atoms with Gasteiger partial charge in [-0.15, -0.1) is 5.10 Å². The van der Waals surface area contributed by atoms with Crippen LogP contribution in [0.5, 0.6) is 0 Å². The number of H-pyrrole nitrogens is 1. The number of halogens is 2. The molecule has 27 heavy (non-hydrogen) atoms. The van der Waals surface area contributed by atoms with Gasteiger partial charge in [0.1, 0.15) is 11.6 Å². The second-order valence-electron chi connectivity index (χ2n) is 6.08. The number of rotatable bonds is 6. The van der Waals surface area contributed by atoms with E-state index in [1.165, 1.54) is 17.8 Å². The third-order valence-electron chi connectivity index (χ3n) is 3.93.